The second-order valence-corrected chi connectivity index (χ2v) is 5.37. The van der Waals surface area contributed by atoms with E-state index in [9.17, 15) is 0 Å². The van der Waals surface area contributed by atoms with E-state index in [-0.39, 0.29) is 0 Å². The van der Waals surface area contributed by atoms with Crippen LogP contribution in [0.3, 0.4) is 0 Å². The molecule has 104 valence electrons. The van der Waals surface area contributed by atoms with E-state index in [4.69, 9.17) is 4.74 Å². The monoisotopic (exact) mass is 267 g/mol. The second kappa shape index (κ2) is 6.10. The van der Waals surface area contributed by atoms with Crippen molar-refractivity contribution in [2.24, 2.45) is 0 Å². The minimum atomic E-state index is 0.457. The summed E-state index contributed by atoms with van der Waals surface area (Å²) in [5.74, 6) is 1.51. The van der Waals surface area contributed by atoms with Crippen molar-refractivity contribution in [3.63, 3.8) is 0 Å². The molecule has 0 aliphatic carbocycles. The highest BCUT2D eigenvalue weighted by molar-refractivity contribution is 5.40. The van der Waals surface area contributed by atoms with Gasteiger partial charge in [0, 0.05) is 17.5 Å². The van der Waals surface area contributed by atoms with Gasteiger partial charge < -0.3 is 10.1 Å². The summed E-state index contributed by atoms with van der Waals surface area (Å²) in [5.41, 5.74) is 2.75. The van der Waals surface area contributed by atoms with Crippen molar-refractivity contribution in [3.05, 3.63) is 65.7 Å². The third-order valence-electron chi connectivity index (χ3n) is 4.18. The van der Waals surface area contributed by atoms with Crippen LogP contribution in [0.2, 0.25) is 0 Å². The fourth-order valence-corrected chi connectivity index (χ4v) is 3.03. The first kappa shape index (κ1) is 13.2. The highest BCUT2D eigenvalue weighted by Crippen LogP contribution is 2.36. The van der Waals surface area contributed by atoms with Crippen LogP contribution in [0.25, 0.3) is 0 Å². The van der Waals surface area contributed by atoms with Crippen LogP contribution >= 0.6 is 0 Å². The summed E-state index contributed by atoms with van der Waals surface area (Å²) in [5, 5.41) is 3.48. The van der Waals surface area contributed by atoms with Crippen molar-refractivity contribution in [3.8, 4) is 5.75 Å². The number of benzene rings is 2. The number of nitrogens with one attached hydrogen (secondary N) is 1. The molecular formula is C18H21NO. The van der Waals surface area contributed by atoms with Gasteiger partial charge in [0.15, 0.2) is 0 Å². The third-order valence-corrected chi connectivity index (χ3v) is 4.18. The Kier molecular flexibility index (Phi) is 4.03. The highest BCUT2D eigenvalue weighted by Gasteiger charge is 2.29. The number of ether oxygens (including phenoxy) is 1. The highest BCUT2D eigenvalue weighted by atomic mass is 16.5. The summed E-state index contributed by atoms with van der Waals surface area (Å²) < 4.78 is 5.81. The lowest BCUT2D eigenvalue weighted by atomic mass is 9.89. The van der Waals surface area contributed by atoms with E-state index in [1.54, 1.807) is 0 Å². The van der Waals surface area contributed by atoms with Gasteiger partial charge in [0.05, 0.1) is 6.61 Å². The van der Waals surface area contributed by atoms with Crippen molar-refractivity contribution < 1.29 is 4.74 Å². The molecule has 1 aliphatic rings. The molecule has 0 saturated heterocycles. The maximum atomic E-state index is 5.81. The first-order valence-electron chi connectivity index (χ1n) is 7.31. The molecule has 0 saturated carbocycles. The molecule has 0 aromatic heterocycles. The zero-order valence-corrected chi connectivity index (χ0v) is 11.9. The normalized spacial score (nSPS) is 18.4. The molecule has 2 unspecified atom stereocenters. The Labute approximate surface area is 120 Å². The number of likely N-dealkylation sites (N-methyl/N-ethyl adjacent to an activating group) is 1. The predicted octanol–water partition coefficient (Wildman–Crippen LogP) is 3.38. The van der Waals surface area contributed by atoms with Gasteiger partial charge in [-0.15, -0.1) is 0 Å². The molecule has 3 rings (SSSR count). The molecule has 2 heteroatoms. The molecule has 0 amide bonds. The minimum absolute atomic E-state index is 0.457. The largest absolute Gasteiger partial charge is 0.493 e. The lowest BCUT2D eigenvalue weighted by molar-refractivity contribution is 0.297. The molecule has 0 radical (unpaired) electrons. The van der Waals surface area contributed by atoms with Crippen molar-refractivity contribution >= 4 is 0 Å². The average Bonchev–Trinajstić information content (AvgIpc) is 2.93. The maximum absolute atomic E-state index is 5.81. The summed E-state index contributed by atoms with van der Waals surface area (Å²) in [7, 11) is 2.05. The molecule has 1 aliphatic heterocycles. The summed E-state index contributed by atoms with van der Waals surface area (Å²) in [4.78, 5) is 0. The number of para-hydroxylation sites is 1. The molecule has 2 atom stereocenters. The van der Waals surface area contributed by atoms with Crippen LogP contribution < -0.4 is 10.1 Å². The topological polar surface area (TPSA) is 21.3 Å². The smallest absolute Gasteiger partial charge is 0.122 e. The van der Waals surface area contributed by atoms with Gasteiger partial charge in [-0.2, -0.15) is 0 Å². The van der Waals surface area contributed by atoms with Crippen molar-refractivity contribution in [1.29, 1.82) is 0 Å². The fourth-order valence-electron chi connectivity index (χ4n) is 3.03. The Morgan fingerprint density at radius 2 is 1.85 bits per heavy atom. The first-order chi connectivity index (χ1) is 9.88. The maximum Gasteiger partial charge on any atom is 0.122 e. The number of hydrogen-bond acceptors (Lipinski definition) is 2. The van der Waals surface area contributed by atoms with Crippen molar-refractivity contribution in [2.75, 3.05) is 13.7 Å². The van der Waals surface area contributed by atoms with Crippen LogP contribution in [-0.2, 0) is 6.42 Å². The molecular weight excluding hydrogens is 246 g/mol. The average molecular weight is 267 g/mol. The Bertz CT molecular complexity index is 552. The van der Waals surface area contributed by atoms with Crippen molar-refractivity contribution in [2.45, 2.75) is 24.8 Å². The van der Waals surface area contributed by atoms with E-state index < -0.39 is 0 Å². The summed E-state index contributed by atoms with van der Waals surface area (Å²) >= 11 is 0. The van der Waals surface area contributed by atoms with Crippen LogP contribution in [0.1, 0.15) is 23.5 Å². The van der Waals surface area contributed by atoms with Crippen LogP contribution in [0.4, 0.5) is 0 Å². The summed E-state index contributed by atoms with van der Waals surface area (Å²) in [6.45, 7) is 0.791. The van der Waals surface area contributed by atoms with E-state index in [0.717, 1.165) is 25.2 Å². The number of hydrogen-bond donors (Lipinski definition) is 1. The lowest BCUT2D eigenvalue weighted by Gasteiger charge is -2.22. The van der Waals surface area contributed by atoms with Gasteiger partial charge in [-0.3, -0.25) is 0 Å². The third kappa shape index (κ3) is 2.70. The Balaban J connectivity index is 1.69. The van der Waals surface area contributed by atoms with Gasteiger partial charge in [0.2, 0.25) is 0 Å². The zero-order valence-electron chi connectivity index (χ0n) is 11.9. The van der Waals surface area contributed by atoms with Crippen LogP contribution in [0, 0.1) is 0 Å². The molecule has 1 heterocycles. The molecule has 1 N–H and O–H groups in total. The van der Waals surface area contributed by atoms with Gasteiger partial charge in [-0.1, -0.05) is 48.5 Å². The molecule has 20 heavy (non-hydrogen) atoms. The standard InChI is InChI=1S/C18H21NO/c1-19-17(12-11-14-7-3-2-4-8-14)16-13-20-18-10-6-5-9-15(16)18/h2-10,16-17,19H,11-13H2,1H3. The summed E-state index contributed by atoms with van der Waals surface area (Å²) in [6, 6.07) is 19.6. The molecule has 0 fully saturated rings. The molecule has 0 spiro atoms. The Hall–Kier alpha value is -1.80. The number of rotatable bonds is 5. The van der Waals surface area contributed by atoms with Gasteiger partial charge in [0.1, 0.15) is 5.75 Å². The molecule has 0 bridgehead atoms. The van der Waals surface area contributed by atoms with Crippen LogP contribution in [0.5, 0.6) is 5.75 Å². The first-order valence-corrected chi connectivity index (χ1v) is 7.31. The van der Waals surface area contributed by atoms with Crippen LogP contribution in [-0.4, -0.2) is 19.7 Å². The van der Waals surface area contributed by atoms with Crippen LogP contribution in [0.15, 0.2) is 54.6 Å². The van der Waals surface area contributed by atoms with Gasteiger partial charge in [0.25, 0.3) is 0 Å². The quantitative estimate of drug-likeness (QED) is 0.896. The zero-order chi connectivity index (χ0) is 13.8. The Morgan fingerprint density at radius 3 is 2.65 bits per heavy atom. The summed E-state index contributed by atoms with van der Waals surface area (Å²) in [6.07, 6.45) is 2.23. The second-order valence-electron chi connectivity index (χ2n) is 5.37. The fraction of sp³-hybridized carbons (Fsp3) is 0.333. The van der Waals surface area contributed by atoms with Gasteiger partial charge in [-0.05, 0) is 31.5 Å². The van der Waals surface area contributed by atoms with E-state index in [1.165, 1.54) is 11.1 Å². The number of aryl methyl sites for hydroxylation is 1. The van der Waals surface area contributed by atoms with Gasteiger partial charge >= 0.3 is 0 Å². The van der Waals surface area contributed by atoms with E-state index in [0.29, 0.717) is 12.0 Å². The SMILES string of the molecule is CNC(CCc1ccccc1)C1COc2ccccc21. The van der Waals surface area contributed by atoms with Gasteiger partial charge in [-0.25, -0.2) is 0 Å². The molecule has 2 nitrogen and oxygen atoms in total. The molecule has 2 aromatic rings. The predicted molar refractivity (Wildman–Crippen MR) is 82.3 cm³/mol. The van der Waals surface area contributed by atoms with E-state index in [1.807, 2.05) is 6.07 Å². The number of fused-ring (bicyclic) bond motifs is 1. The van der Waals surface area contributed by atoms with E-state index in [2.05, 4.69) is 60.9 Å². The van der Waals surface area contributed by atoms with E-state index >= 15 is 0 Å². The molecule has 2 aromatic carbocycles. The van der Waals surface area contributed by atoms with Crippen molar-refractivity contribution in [1.82, 2.24) is 5.32 Å². The Morgan fingerprint density at radius 1 is 1.10 bits per heavy atom. The lowest BCUT2D eigenvalue weighted by Crippen LogP contribution is -2.33. The minimum Gasteiger partial charge on any atom is -0.493 e.